The molecule has 0 saturated carbocycles. The van der Waals surface area contributed by atoms with Crippen LogP contribution in [0.5, 0.6) is 5.75 Å². The highest BCUT2D eigenvalue weighted by Gasteiger charge is 2.31. The summed E-state index contributed by atoms with van der Waals surface area (Å²) in [5, 5.41) is 24.0. The minimum absolute atomic E-state index is 0.0818. The van der Waals surface area contributed by atoms with Crippen LogP contribution in [0.25, 0.3) is 0 Å². The van der Waals surface area contributed by atoms with Gasteiger partial charge in [0.2, 0.25) is 11.8 Å². The van der Waals surface area contributed by atoms with Crippen molar-refractivity contribution in [3.8, 4) is 5.75 Å². The van der Waals surface area contributed by atoms with Crippen molar-refractivity contribution in [2.24, 2.45) is 17.6 Å². The van der Waals surface area contributed by atoms with Gasteiger partial charge in [-0.3, -0.25) is 9.59 Å². The highest BCUT2D eigenvalue weighted by molar-refractivity contribution is 5.92. The van der Waals surface area contributed by atoms with Crippen LogP contribution in [0.2, 0.25) is 0 Å². The Hall–Kier alpha value is -2.61. The van der Waals surface area contributed by atoms with Gasteiger partial charge in [-0.15, -0.1) is 0 Å². The van der Waals surface area contributed by atoms with E-state index in [2.05, 4.69) is 10.6 Å². The fourth-order valence-corrected chi connectivity index (χ4v) is 2.58. The Labute approximate surface area is 165 Å². The Morgan fingerprint density at radius 2 is 1.61 bits per heavy atom. The summed E-state index contributed by atoms with van der Waals surface area (Å²) in [4.78, 5) is 36.7. The second-order valence-corrected chi connectivity index (χ2v) is 7.41. The first-order valence-electron chi connectivity index (χ1n) is 9.43. The number of phenolic OH excluding ortho intramolecular Hbond substituents is 1. The number of hydrogen-bond donors (Lipinski definition) is 5. The van der Waals surface area contributed by atoms with Crippen LogP contribution in [-0.4, -0.2) is 46.1 Å². The number of rotatable bonds is 10. The molecule has 0 bridgehead atoms. The number of carboxylic acids is 1. The van der Waals surface area contributed by atoms with Crippen molar-refractivity contribution in [3.63, 3.8) is 0 Å². The summed E-state index contributed by atoms with van der Waals surface area (Å²) in [5.74, 6) is -2.52. The van der Waals surface area contributed by atoms with E-state index in [4.69, 9.17) is 5.73 Å². The second-order valence-electron chi connectivity index (χ2n) is 7.41. The van der Waals surface area contributed by atoms with Crippen LogP contribution in [0.4, 0.5) is 0 Å². The fourth-order valence-electron chi connectivity index (χ4n) is 2.58. The largest absolute Gasteiger partial charge is 0.508 e. The number of nitrogens with two attached hydrogens (primary N) is 1. The number of phenols is 1. The Balaban J connectivity index is 3.03. The van der Waals surface area contributed by atoms with Crippen molar-refractivity contribution < 1.29 is 24.6 Å². The Morgan fingerprint density at radius 1 is 1.04 bits per heavy atom. The summed E-state index contributed by atoms with van der Waals surface area (Å²) < 4.78 is 0. The monoisotopic (exact) mass is 393 g/mol. The number of nitrogens with one attached hydrogen (secondary N) is 2. The van der Waals surface area contributed by atoms with Crippen LogP contribution in [-0.2, 0) is 20.8 Å². The topological polar surface area (TPSA) is 142 Å². The number of carboxylic acid groups (broad SMARTS) is 1. The van der Waals surface area contributed by atoms with Crippen LogP contribution >= 0.6 is 0 Å². The maximum absolute atomic E-state index is 12.8. The van der Waals surface area contributed by atoms with Crippen molar-refractivity contribution >= 4 is 17.8 Å². The number of aliphatic carboxylic acids is 1. The molecule has 0 aliphatic heterocycles. The van der Waals surface area contributed by atoms with Gasteiger partial charge in [-0.25, -0.2) is 4.79 Å². The smallest absolute Gasteiger partial charge is 0.326 e. The molecule has 0 fully saturated rings. The predicted octanol–water partition coefficient (Wildman–Crippen LogP) is 1.02. The van der Waals surface area contributed by atoms with Crippen LogP contribution in [0, 0.1) is 11.8 Å². The van der Waals surface area contributed by atoms with Crippen molar-refractivity contribution in [2.45, 2.75) is 58.7 Å². The van der Waals surface area contributed by atoms with Crippen LogP contribution < -0.4 is 16.4 Å². The molecule has 0 unspecified atom stereocenters. The van der Waals surface area contributed by atoms with Gasteiger partial charge in [0.15, 0.2) is 0 Å². The maximum Gasteiger partial charge on any atom is 0.326 e. The quantitative estimate of drug-likeness (QED) is 0.402. The number of carbonyl (C=O) groups excluding carboxylic acids is 2. The normalized spacial score (nSPS) is 15.4. The number of aromatic hydroxyl groups is 1. The summed E-state index contributed by atoms with van der Waals surface area (Å²) in [6, 6.07) is 3.38. The van der Waals surface area contributed by atoms with E-state index in [1.54, 1.807) is 32.9 Å². The molecule has 1 aromatic rings. The molecule has 1 aromatic carbocycles. The zero-order valence-electron chi connectivity index (χ0n) is 16.8. The van der Waals surface area contributed by atoms with E-state index in [9.17, 15) is 24.6 Å². The lowest BCUT2D eigenvalue weighted by atomic mass is 9.97. The molecule has 0 aromatic heterocycles. The molecule has 28 heavy (non-hydrogen) atoms. The minimum Gasteiger partial charge on any atom is -0.508 e. The van der Waals surface area contributed by atoms with Crippen LogP contribution in [0.3, 0.4) is 0 Å². The fraction of sp³-hybridized carbons (Fsp3) is 0.550. The van der Waals surface area contributed by atoms with Gasteiger partial charge in [0.1, 0.15) is 17.8 Å². The molecule has 156 valence electrons. The van der Waals surface area contributed by atoms with Crippen LogP contribution in [0.1, 0.15) is 39.7 Å². The average Bonchev–Trinajstić information content (AvgIpc) is 2.65. The van der Waals surface area contributed by atoms with Crippen molar-refractivity contribution in [2.75, 3.05) is 0 Å². The molecule has 0 saturated heterocycles. The highest BCUT2D eigenvalue weighted by Crippen LogP contribution is 2.13. The molecule has 4 atom stereocenters. The lowest BCUT2D eigenvalue weighted by Crippen LogP contribution is -2.57. The molecule has 6 N–H and O–H groups in total. The van der Waals surface area contributed by atoms with Gasteiger partial charge < -0.3 is 26.6 Å². The molecule has 1 rings (SSSR count). The summed E-state index contributed by atoms with van der Waals surface area (Å²) in [6.45, 7) is 7.16. The van der Waals surface area contributed by atoms with Gasteiger partial charge >= 0.3 is 5.97 Å². The maximum atomic E-state index is 12.8. The Kier molecular flexibility index (Phi) is 8.91. The average molecular weight is 393 g/mol. The van der Waals surface area contributed by atoms with Crippen molar-refractivity contribution in [3.05, 3.63) is 29.8 Å². The first kappa shape index (κ1) is 23.4. The zero-order valence-corrected chi connectivity index (χ0v) is 16.8. The predicted molar refractivity (Wildman–Crippen MR) is 106 cm³/mol. The minimum atomic E-state index is -1.13. The van der Waals surface area contributed by atoms with Crippen LogP contribution in [0.15, 0.2) is 24.3 Å². The number of hydrogen-bond acceptors (Lipinski definition) is 5. The summed E-state index contributed by atoms with van der Waals surface area (Å²) in [6.07, 6.45) is 0.708. The lowest BCUT2D eigenvalue weighted by Gasteiger charge is -2.26. The van der Waals surface area contributed by atoms with E-state index < -0.39 is 35.9 Å². The third-order valence-corrected chi connectivity index (χ3v) is 4.81. The van der Waals surface area contributed by atoms with Gasteiger partial charge in [-0.1, -0.05) is 46.2 Å². The molecule has 8 heteroatoms. The number of amides is 2. The number of benzene rings is 1. The van der Waals surface area contributed by atoms with Crippen molar-refractivity contribution in [1.82, 2.24) is 10.6 Å². The molecule has 0 aliphatic carbocycles. The molecule has 8 nitrogen and oxygen atoms in total. The van der Waals surface area contributed by atoms with Gasteiger partial charge in [0, 0.05) is 6.42 Å². The molecule has 0 spiro atoms. The van der Waals surface area contributed by atoms with E-state index in [0.29, 0.717) is 12.0 Å². The first-order chi connectivity index (χ1) is 13.1. The second kappa shape index (κ2) is 10.7. The zero-order chi connectivity index (χ0) is 21.4. The molecule has 0 radical (unpaired) electrons. The van der Waals surface area contributed by atoms with E-state index in [1.807, 2.05) is 6.92 Å². The summed E-state index contributed by atoms with van der Waals surface area (Å²) in [5.41, 5.74) is 6.57. The molecule has 0 heterocycles. The first-order valence-corrected chi connectivity index (χ1v) is 9.43. The van der Waals surface area contributed by atoms with E-state index in [0.717, 1.165) is 0 Å². The summed E-state index contributed by atoms with van der Waals surface area (Å²) >= 11 is 0. The molecule has 2 amide bonds. The molecular formula is C20H31N3O5. The van der Waals surface area contributed by atoms with Gasteiger partial charge in [0.05, 0.1) is 6.04 Å². The lowest BCUT2D eigenvalue weighted by molar-refractivity contribution is -0.143. The highest BCUT2D eigenvalue weighted by atomic mass is 16.4. The molecule has 0 aliphatic rings. The van der Waals surface area contributed by atoms with Gasteiger partial charge in [-0.05, 0) is 29.5 Å². The van der Waals surface area contributed by atoms with E-state index in [-0.39, 0.29) is 24.0 Å². The standard InChI is InChI=1S/C20H31N3O5/c1-5-12(4)17(20(27)28)23-18(25)15(22-19(26)16(21)11(2)3)10-13-6-8-14(24)9-7-13/h6-9,11-12,15-17,24H,5,10,21H2,1-4H3,(H,22,26)(H,23,25)(H,27,28)/t12-,15-,16-,17-/m0/s1. The third-order valence-electron chi connectivity index (χ3n) is 4.81. The van der Waals surface area contributed by atoms with E-state index >= 15 is 0 Å². The Bertz CT molecular complexity index is 675. The van der Waals surface area contributed by atoms with E-state index in [1.165, 1.54) is 12.1 Å². The molecular weight excluding hydrogens is 362 g/mol. The Morgan fingerprint density at radius 3 is 2.07 bits per heavy atom. The number of carbonyl (C=O) groups is 3. The van der Waals surface area contributed by atoms with Gasteiger partial charge in [0.25, 0.3) is 0 Å². The van der Waals surface area contributed by atoms with Crippen molar-refractivity contribution in [1.29, 1.82) is 0 Å². The third kappa shape index (κ3) is 6.84. The summed E-state index contributed by atoms with van der Waals surface area (Å²) in [7, 11) is 0. The van der Waals surface area contributed by atoms with Gasteiger partial charge in [-0.2, -0.15) is 0 Å². The SMILES string of the molecule is CC[C@H](C)[C@H](NC(=O)[C@H](Cc1ccc(O)cc1)NC(=O)[C@@H](N)C(C)C)C(=O)O.